The largest absolute Gasteiger partial charge is 0.493 e. The van der Waals surface area contributed by atoms with Crippen LogP contribution < -0.4 is 14.2 Å². The van der Waals surface area contributed by atoms with Gasteiger partial charge in [-0.25, -0.2) is 4.79 Å². The van der Waals surface area contributed by atoms with Gasteiger partial charge < -0.3 is 18.9 Å². The molecule has 1 aliphatic carbocycles. The number of ether oxygens (including phenoxy) is 4. The third kappa shape index (κ3) is 3.22. The number of esters is 1. The van der Waals surface area contributed by atoms with Crippen molar-refractivity contribution in [3.8, 4) is 29.6 Å². The van der Waals surface area contributed by atoms with Crippen LogP contribution in [0.4, 0.5) is 0 Å². The average Bonchev–Trinajstić information content (AvgIpc) is 3.35. The number of hydrogen-bond acceptors (Lipinski definition) is 5. The molecule has 0 N–H and O–H groups in total. The second-order valence-electron chi connectivity index (χ2n) is 4.74. The van der Waals surface area contributed by atoms with Crippen LogP contribution in [-0.2, 0) is 4.74 Å². The van der Waals surface area contributed by atoms with Crippen LogP contribution in [0.1, 0.15) is 23.2 Å². The minimum absolute atomic E-state index is 0.316. The molecule has 1 fully saturated rings. The smallest absolute Gasteiger partial charge is 0.338 e. The molecule has 1 aromatic rings. The topological polar surface area (TPSA) is 54.0 Å². The zero-order valence-electron chi connectivity index (χ0n) is 12.3. The number of rotatable bonds is 6. The van der Waals surface area contributed by atoms with Gasteiger partial charge in [0, 0.05) is 5.92 Å². The molecule has 0 bridgehead atoms. The Hall–Kier alpha value is -2.35. The van der Waals surface area contributed by atoms with Crippen LogP contribution in [0.25, 0.3) is 0 Å². The molecule has 21 heavy (non-hydrogen) atoms. The van der Waals surface area contributed by atoms with Gasteiger partial charge >= 0.3 is 5.97 Å². The van der Waals surface area contributed by atoms with E-state index in [0.717, 1.165) is 12.8 Å². The Morgan fingerprint density at radius 3 is 2.38 bits per heavy atom. The van der Waals surface area contributed by atoms with E-state index in [1.54, 1.807) is 12.1 Å². The molecule has 0 amide bonds. The van der Waals surface area contributed by atoms with E-state index in [1.165, 1.54) is 21.3 Å². The van der Waals surface area contributed by atoms with E-state index in [2.05, 4.69) is 5.92 Å². The molecule has 0 saturated heterocycles. The van der Waals surface area contributed by atoms with Gasteiger partial charge in [0.1, 0.15) is 0 Å². The highest BCUT2D eigenvalue weighted by Crippen LogP contribution is 2.42. The van der Waals surface area contributed by atoms with Gasteiger partial charge in [0.05, 0.1) is 26.9 Å². The van der Waals surface area contributed by atoms with E-state index >= 15 is 0 Å². The first-order valence-electron chi connectivity index (χ1n) is 6.61. The summed E-state index contributed by atoms with van der Waals surface area (Å²) in [4.78, 5) is 11.7. The zero-order valence-corrected chi connectivity index (χ0v) is 12.3. The van der Waals surface area contributed by atoms with Crippen molar-refractivity contribution >= 4 is 5.97 Å². The first kappa shape index (κ1) is 15.0. The van der Waals surface area contributed by atoms with Gasteiger partial charge in [0.2, 0.25) is 5.75 Å². The second-order valence-corrected chi connectivity index (χ2v) is 4.74. The summed E-state index contributed by atoms with van der Waals surface area (Å²) >= 11 is 0. The second kappa shape index (κ2) is 6.40. The lowest BCUT2D eigenvalue weighted by Crippen LogP contribution is -2.17. The quantitative estimate of drug-likeness (QED) is 0.594. The molecule has 0 spiro atoms. The molecule has 112 valence electrons. The number of carbonyl (C=O) groups excluding carboxylic acids is 1. The minimum atomic E-state index is -0.482. The summed E-state index contributed by atoms with van der Waals surface area (Å²) in [6.45, 7) is 0. The third-order valence-corrected chi connectivity index (χ3v) is 3.33. The molecule has 0 aliphatic heterocycles. The zero-order chi connectivity index (χ0) is 15.4. The highest BCUT2D eigenvalue weighted by Gasteiger charge is 2.33. The molecule has 5 heteroatoms. The van der Waals surface area contributed by atoms with Crippen molar-refractivity contribution in [1.29, 1.82) is 0 Å². The monoisotopic (exact) mass is 290 g/mol. The predicted octanol–water partition coefficient (Wildman–Crippen LogP) is 2.28. The van der Waals surface area contributed by atoms with E-state index in [9.17, 15) is 4.79 Å². The normalized spacial score (nSPS) is 14.8. The summed E-state index contributed by atoms with van der Waals surface area (Å²) in [5, 5.41) is 0. The molecule has 2 rings (SSSR count). The molecule has 1 atom stereocenters. The summed E-state index contributed by atoms with van der Waals surface area (Å²) in [7, 11) is 4.31. The van der Waals surface area contributed by atoms with Gasteiger partial charge in [0.25, 0.3) is 0 Å². The van der Waals surface area contributed by atoms with Crippen LogP contribution in [0.15, 0.2) is 12.1 Å². The average molecular weight is 290 g/mol. The number of terminal acetylenes is 1. The van der Waals surface area contributed by atoms with E-state index in [4.69, 9.17) is 25.4 Å². The number of carbonyl (C=O) groups is 1. The predicted molar refractivity (Wildman–Crippen MR) is 76.9 cm³/mol. The minimum Gasteiger partial charge on any atom is -0.493 e. The van der Waals surface area contributed by atoms with Gasteiger partial charge in [-0.2, -0.15) is 0 Å². The standard InChI is InChI=1S/C16H18O5/c1-5-12(10-6-7-10)21-14-9-11(16(17)20-4)8-13(18-2)15(14)19-3/h1,8-10,12H,6-7H2,2-4H3. The Morgan fingerprint density at radius 1 is 1.24 bits per heavy atom. The molecule has 1 saturated carbocycles. The van der Waals surface area contributed by atoms with E-state index in [0.29, 0.717) is 28.7 Å². The van der Waals surface area contributed by atoms with Gasteiger partial charge in [-0.3, -0.25) is 0 Å². The summed E-state index contributed by atoms with van der Waals surface area (Å²) in [5.74, 6) is 3.68. The first-order chi connectivity index (χ1) is 10.1. The third-order valence-electron chi connectivity index (χ3n) is 3.33. The fraction of sp³-hybridized carbons (Fsp3) is 0.438. The van der Waals surface area contributed by atoms with Crippen LogP contribution in [0.3, 0.4) is 0 Å². The first-order valence-corrected chi connectivity index (χ1v) is 6.61. The van der Waals surface area contributed by atoms with Crippen LogP contribution in [0, 0.1) is 18.3 Å². The number of benzene rings is 1. The van der Waals surface area contributed by atoms with Crippen molar-refractivity contribution in [2.75, 3.05) is 21.3 Å². The Balaban J connectivity index is 2.40. The van der Waals surface area contributed by atoms with E-state index in [1.807, 2.05) is 0 Å². The van der Waals surface area contributed by atoms with Crippen molar-refractivity contribution in [3.63, 3.8) is 0 Å². The lowest BCUT2D eigenvalue weighted by molar-refractivity contribution is 0.0599. The molecule has 1 aliphatic rings. The Bertz CT molecular complexity index is 569. The summed E-state index contributed by atoms with van der Waals surface area (Å²) in [5.41, 5.74) is 0.316. The number of hydrogen-bond donors (Lipinski definition) is 0. The summed E-state index contributed by atoms with van der Waals surface area (Å²) in [6, 6.07) is 3.10. The van der Waals surface area contributed by atoms with Crippen LogP contribution in [0.2, 0.25) is 0 Å². The Kier molecular flexibility index (Phi) is 4.59. The molecule has 0 radical (unpaired) electrons. The molecular formula is C16H18O5. The van der Waals surface area contributed by atoms with Gasteiger partial charge in [-0.15, -0.1) is 6.42 Å². The van der Waals surface area contributed by atoms with Crippen molar-refractivity contribution in [3.05, 3.63) is 17.7 Å². The van der Waals surface area contributed by atoms with Gasteiger partial charge in [-0.05, 0) is 25.0 Å². The fourth-order valence-electron chi connectivity index (χ4n) is 2.05. The Labute approximate surface area is 124 Å². The van der Waals surface area contributed by atoms with Gasteiger partial charge in [-0.1, -0.05) is 5.92 Å². The molecule has 0 heterocycles. The van der Waals surface area contributed by atoms with Crippen molar-refractivity contribution in [1.82, 2.24) is 0 Å². The van der Waals surface area contributed by atoms with Crippen LogP contribution in [0.5, 0.6) is 17.2 Å². The molecular weight excluding hydrogens is 272 g/mol. The highest BCUT2D eigenvalue weighted by atomic mass is 16.5. The lowest BCUT2D eigenvalue weighted by Gasteiger charge is -2.18. The number of methoxy groups -OCH3 is 3. The lowest BCUT2D eigenvalue weighted by atomic mass is 10.1. The van der Waals surface area contributed by atoms with Crippen LogP contribution >= 0.6 is 0 Å². The maximum atomic E-state index is 11.7. The van der Waals surface area contributed by atoms with E-state index in [-0.39, 0.29) is 6.10 Å². The molecule has 1 aromatic carbocycles. The SMILES string of the molecule is C#CC(Oc1cc(C(=O)OC)cc(OC)c1OC)C1CC1. The maximum Gasteiger partial charge on any atom is 0.338 e. The summed E-state index contributed by atoms with van der Waals surface area (Å²) < 4.78 is 21.1. The molecule has 0 aromatic heterocycles. The molecule has 5 nitrogen and oxygen atoms in total. The Morgan fingerprint density at radius 2 is 1.90 bits per heavy atom. The van der Waals surface area contributed by atoms with Crippen molar-refractivity contribution in [2.45, 2.75) is 18.9 Å². The fourth-order valence-corrected chi connectivity index (χ4v) is 2.05. The molecule has 1 unspecified atom stereocenters. The maximum absolute atomic E-state index is 11.7. The van der Waals surface area contributed by atoms with Crippen LogP contribution in [-0.4, -0.2) is 33.4 Å². The highest BCUT2D eigenvalue weighted by molar-refractivity contribution is 5.91. The van der Waals surface area contributed by atoms with E-state index < -0.39 is 5.97 Å². The van der Waals surface area contributed by atoms with Crippen molar-refractivity contribution < 1.29 is 23.7 Å². The van der Waals surface area contributed by atoms with Gasteiger partial charge in [0.15, 0.2) is 17.6 Å². The summed E-state index contributed by atoms with van der Waals surface area (Å²) in [6.07, 6.45) is 7.27. The van der Waals surface area contributed by atoms with Crippen molar-refractivity contribution in [2.24, 2.45) is 5.92 Å².